The Labute approximate surface area is 207 Å². The average Bonchev–Trinajstić information content (AvgIpc) is 2.91. The predicted molar refractivity (Wildman–Crippen MR) is 129 cm³/mol. The molecule has 2 aliphatic rings. The van der Waals surface area contributed by atoms with Crippen molar-refractivity contribution in [2.75, 3.05) is 19.8 Å². The van der Waals surface area contributed by atoms with E-state index in [0.717, 1.165) is 5.56 Å². The first kappa shape index (κ1) is 23.8. The molecule has 0 radical (unpaired) electrons. The molecular formula is C27H26O9. The Kier molecular flexibility index (Phi) is 6.60. The Morgan fingerprint density at radius 2 is 1.19 bits per heavy atom. The summed E-state index contributed by atoms with van der Waals surface area (Å²) in [5, 5.41) is 48.5. The third kappa shape index (κ3) is 4.51. The van der Waals surface area contributed by atoms with Crippen molar-refractivity contribution in [3.63, 3.8) is 0 Å². The van der Waals surface area contributed by atoms with Gasteiger partial charge in [0.15, 0.2) is 58.9 Å². The fourth-order valence-corrected chi connectivity index (χ4v) is 4.32. The molecule has 9 nitrogen and oxygen atoms in total. The van der Waals surface area contributed by atoms with Crippen LogP contribution in [0.5, 0.6) is 34.5 Å². The summed E-state index contributed by atoms with van der Waals surface area (Å²) in [7, 11) is 0. The Hall–Kier alpha value is -3.92. The van der Waals surface area contributed by atoms with Crippen LogP contribution >= 0.6 is 0 Å². The summed E-state index contributed by atoms with van der Waals surface area (Å²) in [6.07, 6.45) is 0.574. The highest BCUT2D eigenvalue weighted by Crippen LogP contribution is 2.45. The first-order chi connectivity index (χ1) is 17.5. The fourth-order valence-electron chi connectivity index (χ4n) is 4.32. The van der Waals surface area contributed by atoms with Gasteiger partial charge >= 0.3 is 0 Å². The zero-order valence-electron chi connectivity index (χ0n) is 19.2. The Bertz CT molecular complexity index is 1270. The number of benzene rings is 3. The van der Waals surface area contributed by atoms with Gasteiger partial charge in [0, 0.05) is 11.1 Å². The number of fused-ring (bicyclic) bond motifs is 2. The Balaban J connectivity index is 1.45. The van der Waals surface area contributed by atoms with Gasteiger partial charge in [0.05, 0.1) is 19.8 Å². The highest BCUT2D eigenvalue weighted by atomic mass is 16.6. The molecule has 2 aliphatic heterocycles. The first-order valence-corrected chi connectivity index (χ1v) is 11.5. The highest BCUT2D eigenvalue weighted by Gasteiger charge is 2.36. The minimum Gasteiger partial charge on any atom is -0.504 e. The fraction of sp³-hybridized carbons (Fsp3) is 0.259. The highest BCUT2D eigenvalue weighted by molar-refractivity contribution is 5.57. The quantitative estimate of drug-likeness (QED) is 0.328. The average molecular weight is 494 g/mol. The second-order valence-corrected chi connectivity index (χ2v) is 8.50. The zero-order chi connectivity index (χ0) is 25.2. The van der Waals surface area contributed by atoms with Gasteiger partial charge in [-0.3, -0.25) is 0 Å². The molecule has 2 heterocycles. The van der Waals surface area contributed by atoms with Gasteiger partial charge in [-0.15, -0.1) is 0 Å². The second kappa shape index (κ2) is 9.98. The molecule has 3 aromatic rings. The van der Waals surface area contributed by atoms with E-state index in [1.807, 2.05) is 6.07 Å². The van der Waals surface area contributed by atoms with Gasteiger partial charge < -0.3 is 44.5 Å². The summed E-state index contributed by atoms with van der Waals surface area (Å²) in [6, 6.07) is 14.9. The summed E-state index contributed by atoms with van der Waals surface area (Å²) in [4.78, 5) is 0. The van der Waals surface area contributed by atoms with E-state index in [2.05, 4.69) is 0 Å². The van der Waals surface area contributed by atoms with E-state index in [-0.39, 0.29) is 31.3 Å². The number of hydrogen-bond acceptors (Lipinski definition) is 9. The number of ether oxygens (including phenoxy) is 4. The van der Waals surface area contributed by atoms with Gasteiger partial charge in [-0.1, -0.05) is 30.4 Å². The van der Waals surface area contributed by atoms with Crippen molar-refractivity contribution in [3.8, 4) is 34.5 Å². The smallest absolute Gasteiger partial charge is 0.163 e. The molecule has 0 bridgehead atoms. The van der Waals surface area contributed by atoms with Crippen LogP contribution in [-0.4, -0.2) is 57.6 Å². The van der Waals surface area contributed by atoms with E-state index >= 15 is 0 Å². The monoisotopic (exact) mass is 494 g/mol. The van der Waals surface area contributed by atoms with E-state index in [0.29, 0.717) is 34.1 Å². The number of phenolic OH excluding ortho intramolecular Hbond substituents is 2. The lowest BCUT2D eigenvalue weighted by Gasteiger charge is -2.36. The third-order valence-corrected chi connectivity index (χ3v) is 6.11. The SMILES string of the molecule is OC/C=C/c1ccc2c(c1)O[C@H](c1ccc3c(c1)OC(c1ccc(O)c(O)c1)C(CO)O3)[C@@H](CO)O2. The van der Waals surface area contributed by atoms with Gasteiger partial charge in [0.25, 0.3) is 0 Å². The van der Waals surface area contributed by atoms with Gasteiger partial charge in [-0.2, -0.15) is 0 Å². The summed E-state index contributed by atoms with van der Waals surface area (Å²) in [5.41, 5.74) is 2.01. The molecule has 188 valence electrons. The number of phenols is 2. The van der Waals surface area contributed by atoms with Crippen molar-refractivity contribution < 1.29 is 44.5 Å². The normalized spacial score (nSPS) is 22.5. The van der Waals surface area contributed by atoms with Gasteiger partial charge in [0.1, 0.15) is 0 Å². The van der Waals surface area contributed by atoms with E-state index in [9.17, 15) is 20.4 Å². The topological polar surface area (TPSA) is 138 Å². The lowest BCUT2D eigenvalue weighted by atomic mass is 10.00. The number of hydrogen-bond donors (Lipinski definition) is 5. The minimum atomic E-state index is -0.747. The zero-order valence-corrected chi connectivity index (χ0v) is 19.2. The Morgan fingerprint density at radius 1 is 0.611 bits per heavy atom. The summed E-state index contributed by atoms with van der Waals surface area (Å²) >= 11 is 0. The molecule has 4 atom stereocenters. The number of rotatable bonds is 6. The lowest BCUT2D eigenvalue weighted by Crippen LogP contribution is -2.37. The molecule has 3 aromatic carbocycles. The maximum Gasteiger partial charge on any atom is 0.163 e. The molecule has 0 amide bonds. The first-order valence-electron chi connectivity index (χ1n) is 11.5. The lowest BCUT2D eigenvalue weighted by molar-refractivity contribution is -0.0173. The van der Waals surface area contributed by atoms with Crippen molar-refractivity contribution >= 4 is 6.08 Å². The molecule has 0 fully saturated rings. The van der Waals surface area contributed by atoms with Gasteiger partial charge in [0.2, 0.25) is 0 Å². The van der Waals surface area contributed by atoms with E-state index in [1.165, 1.54) is 12.1 Å². The van der Waals surface area contributed by atoms with Crippen molar-refractivity contribution in [3.05, 3.63) is 77.4 Å². The van der Waals surface area contributed by atoms with Crippen molar-refractivity contribution in [1.82, 2.24) is 0 Å². The van der Waals surface area contributed by atoms with Crippen LogP contribution in [0.15, 0.2) is 60.7 Å². The van der Waals surface area contributed by atoms with E-state index in [4.69, 9.17) is 24.1 Å². The molecule has 0 aliphatic carbocycles. The second-order valence-electron chi connectivity index (χ2n) is 8.50. The maximum absolute atomic E-state index is 9.99. The van der Waals surface area contributed by atoms with Gasteiger partial charge in [-0.25, -0.2) is 0 Å². The summed E-state index contributed by atoms with van der Waals surface area (Å²) < 4.78 is 24.4. The van der Waals surface area contributed by atoms with Crippen LogP contribution in [0.3, 0.4) is 0 Å². The molecule has 9 heteroatoms. The van der Waals surface area contributed by atoms with Crippen LogP contribution in [0.25, 0.3) is 6.08 Å². The van der Waals surface area contributed by atoms with Crippen molar-refractivity contribution in [1.29, 1.82) is 0 Å². The minimum absolute atomic E-state index is 0.0806. The third-order valence-electron chi connectivity index (χ3n) is 6.11. The maximum atomic E-state index is 9.99. The van der Waals surface area contributed by atoms with Crippen LogP contribution in [-0.2, 0) is 0 Å². The molecule has 0 aromatic heterocycles. The van der Waals surface area contributed by atoms with Gasteiger partial charge in [-0.05, 0) is 42.0 Å². The van der Waals surface area contributed by atoms with Crippen LogP contribution in [0.4, 0.5) is 0 Å². The number of aliphatic hydroxyl groups is 3. The molecule has 0 saturated heterocycles. The number of aromatic hydroxyl groups is 2. The van der Waals surface area contributed by atoms with Crippen LogP contribution in [0.1, 0.15) is 28.9 Å². The largest absolute Gasteiger partial charge is 0.504 e. The molecule has 0 saturated carbocycles. The summed E-state index contributed by atoms with van der Waals surface area (Å²) in [5.74, 6) is 1.24. The Morgan fingerprint density at radius 3 is 1.81 bits per heavy atom. The molecule has 36 heavy (non-hydrogen) atoms. The summed E-state index contributed by atoms with van der Waals surface area (Å²) in [6.45, 7) is -0.695. The molecule has 5 rings (SSSR count). The van der Waals surface area contributed by atoms with Crippen LogP contribution in [0, 0.1) is 0 Å². The number of aliphatic hydroxyl groups excluding tert-OH is 3. The predicted octanol–water partition coefficient (Wildman–Crippen LogP) is 2.85. The van der Waals surface area contributed by atoms with E-state index < -0.39 is 24.4 Å². The molecular weight excluding hydrogens is 468 g/mol. The van der Waals surface area contributed by atoms with E-state index in [1.54, 1.807) is 48.6 Å². The van der Waals surface area contributed by atoms with Crippen LogP contribution < -0.4 is 18.9 Å². The van der Waals surface area contributed by atoms with Crippen LogP contribution in [0.2, 0.25) is 0 Å². The molecule has 5 N–H and O–H groups in total. The van der Waals surface area contributed by atoms with Crippen molar-refractivity contribution in [2.45, 2.75) is 24.4 Å². The van der Waals surface area contributed by atoms with Crippen molar-refractivity contribution in [2.24, 2.45) is 0 Å². The molecule has 0 spiro atoms. The molecule has 2 unspecified atom stereocenters. The standard InChI is InChI=1S/C27H26O9/c28-9-1-2-15-3-7-20-22(10-15)35-27(25(14-30)33-20)17-5-8-21-23(12-17)36-26(24(13-29)34-21)16-4-6-18(31)19(32)11-16/h1-8,10-12,24-32H,9,13-14H2/b2-1+/t24?,25-,26?,27-/m1/s1.